The van der Waals surface area contributed by atoms with Gasteiger partial charge in [-0.05, 0) is 40.6 Å². The second-order valence-corrected chi connectivity index (χ2v) is 5.58. The first kappa shape index (κ1) is 12.1. The zero-order valence-electron chi connectivity index (χ0n) is 9.26. The van der Waals surface area contributed by atoms with Crippen LogP contribution in [-0.4, -0.2) is 16.5 Å². The maximum atomic E-state index is 5.90. The van der Waals surface area contributed by atoms with E-state index in [1.165, 1.54) is 32.0 Å². The van der Waals surface area contributed by atoms with Gasteiger partial charge in [-0.1, -0.05) is 24.9 Å². The Morgan fingerprint density at radius 3 is 2.88 bits per heavy atom. The zero-order chi connectivity index (χ0) is 11.6. The maximum absolute atomic E-state index is 5.90. The quantitative estimate of drug-likeness (QED) is 0.839. The highest BCUT2D eigenvalue weighted by Crippen LogP contribution is 2.49. The molecule has 0 aromatic carbocycles. The molecule has 1 aromatic rings. The summed E-state index contributed by atoms with van der Waals surface area (Å²) in [4.78, 5) is 8.08. The summed E-state index contributed by atoms with van der Waals surface area (Å²) >= 11 is 9.29. The molecule has 1 fully saturated rings. The van der Waals surface area contributed by atoms with E-state index in [4.69, 9.17) is 11.6 Å². The molecular weight excluding hydrogens is 289 g/mol. The van der Waals surface area contributed by atoms with Crippen LogP contribution in [0.1, 0.15) is 32.6 Å². The number of nitrogens with one attached hydrogen (secondary N) is 1. The van der Waals surface area contributed by atoms with Crippen LogP contribution in [0.25, 0.3) is 0 Å². The first-order valence-corrected chi connectivity index (χ1v) is 6.74. The van der Waals surface area contributed by atoms with Gasteiger partial charge in [0.2, 0.25) is 0 Å². The van der Waals surface area contributed by atoms with Crippen molar-refractivity contribution in [1.82, 2.24) is 9.97 Å². The largest absolute Gasteiger partial charge is 0.368 e. The molecule has 0 atom stereocenters. The van der Waals surface area contributed by atoms with E-state index < -0.39 is 0 Å². The van der Waals surface area contributed by atoms with Crippen LogP contribution in [0.2, 0.25) is 5.15 Å². The van der Waals surface area contributed by atoms with E-state index in [1.54, 1.807) is 0 Å². The Balaban J connectivity index is 1.97. The number of halogens is 2. The predicted octanol–water partition coefficient (Wildman–Crippen LogP) is 3.88. The molecule has 1 heterocycles. The minimum Gasteiger partial charge on any atom is -0.368 e. The van der Waals surface area contributed by atoms with Gasteiger partial charge in [-0.25, -0.2) is 9.97 Å². The van der Waals surface area contributed by atoms with Crippen molar-refractivity contribution in [2.45, 2.75) is 32.6 Å². The van der Waals surface area contributed by atoms with E-state index in [2.05, 4.69) is 38.1 Å². The lowest BCUT2D eigenvalue weighted by Crippen LogP contribution is -2.16. The summed E-state index contributed by atoms with van der Waals surface area (Å²) < 4.78 is 0.754. The fraction of sp³-hybridized carbons (Fsp3) is 0.636. The van der Waals surface area contributed by atoms with Crippen LogP contribution in [0.15, 0.2) is 10.8 Å². The van der Waals surface area contributed by atoms with Gasteiger partial charge in [-0.2, -0.15) is 0 Å². The van der Waals surface area contributed by atoms with Crippen molar-refractivity contribution in [2.75, 3.05) is 11.9 Å². The molecule has 5 heteroatoms. The highest BCUT2D eigenvalue weighted by Gasteiger charge is 2.41. The molecule has 1 aromatic heterocycles. The van der Waals surface area contributed by atoms with Crippen molar-refractivity contribution in [3.8, 4) is 0 Å². The normalized spacial score (nSPS) is 17.2. The third-order valence-electron chi connectivity index (χ3n) is 3.12. The molecule has 3 nitrogen and oxygen atoms in total. The molecule has 1 aliphatic rings. The highest BCUT2D eigenvalue weighted by molar-refractivity contribution is 9.10. The van der Waals surface area contributed by atoms with Gasteiger partial charge < -0.3 is 5.32 Å². The first-order chi connectivity index (χ1) is 7.67. The number of rotatable bonds is 5. The van der Waals surface area contributed by atoms with Gasteiger partial charge in [-0.3, -0.25) is 0 Å². The Bertz CT molecular complexity index is 379. The van der Waals surface area contributed by atoms with Crippen molar-refractivity contribution < 1.29 is 0 Å². The fourth-order valence-corrected chi connectivity index (χ4v) is 2.44. The molecule has 0 saturated heterocycles. The number of nitrogens with zero attached hydrogens (tertiary/aromatic N) is 2. The van der Waals surface area contributed by atoms with Crippen molar-refractivity contribution in [2.24, 2.45) is 5.41 Å². The SMILES string of the molecule is CCCC1(CNc2ncnc(Cl)c2Br)CC1. The van der Waals surface area contributed by atoms with Gasteiger partial charge >= 0.3 is 0 Å². The molecule has 1 N–H and O–H groups in total. The van der Waals surface area contributed by atoms with Gasteiger partial charge in [0.15, 0.2) is 0 Å². The summed E-state index contributed by atoms with van der Waals surface area (Å²) in [6.07, 6.45) is 6.66. The van der Waals surface area contributed by atoms with Crippen molar-refractivity contribution >= 4 is 33.3 Å². The molecule has 16 heavy (non-hydrogen) atoms. The minimum atomic E-state index is 0.456. The van der Waals surface area contributed by atoms with Crippen LogP contribution in [0.5, 0.6) is 0 Å². The molecule has 0 radical (unpaired) electrons. The molecule has 0 amide bonds. The summed E-state index contributed by atoms with van der Waals surface area (Å²) in [5, 5.41) is 3.82. The van der Waals surface area contributed by atoms with Crippen LogP contribution in [-0.2, 0) is 0 Å². The summed E-state index contributed by atoms with van der Waals surface area (Å²) in [5.74, 6) is 0.794. The Morgan fingerprint density at radius 2 is 2.25 bits per heavy atom. The Labute approximate surface area is 109 Å². The summed E-state index contributed by atoms with van der Waals surface area (Å²) in [5.41, 5.74) is 0.506. The van der Waals surface area contributed by atoms with E-state index in [0.29, 0.717) is 10.6 Å². The second kappa shape index (κ2) is 4.88. The number of hydrogen-bond donors (Lipinski definition) is 1. The van der Waals surface area contributed by atoms with Crippen molar-refractivity contribution in [3.05, 3.63) is 16.0 Å². The monoisotopic (exact) mass is 303 g/mol. The number of hydrogen-bond acceptors (Lipinski definition) is 3. The summed E-state index contributed by atoms with van der Waals surface area (Å²) in [6, 6.07) is 0. The van der Waals surface area contributed by atoms with Gasteiger partial charge in [0.1, 0.15) is 17.3 Å². The fourth-order valence-electron chi connectivity index (χ4n) is 1.97. The van der Waals surface area contributed by atoms with Crippen LogP contribution in [0.3, 0.4) is 0 Å². The lowest BCUT2D eigenvalue weighted by molar-refractivity contribution is 0.485. The third-order valence-corrected chi connectivity index (χ3v) is 4.38. The lowest BCUT2D eigenvalue weighted by atomic mass is 10.0. The summed E-state index contributed by atoms with van der Waals surface area (Å²) in [7, 11) is 0. The average Bonchev–Trinajstić information content (AvgIpc) is 3.02. The Morgan fingerprint density at radius 1 is 1.50 bits per heavy atom. The topological polar surface area (TPSA) is 37.8 Å². The lowest BCUT2D eigenvalue weighted by Gasteiger charge is -2.15. The second-order valence-electron chi connectivity index (χ2n) is 4.43. The standard InChI is InChI=1S/C11H15BrClN3/c1-2-3-11(4-5-11)6-14-10-8(12)9(13)15-7-16-10/h7H,2-6H2,1H3,(H,14,15,16). The van der Waals surface area contributed by atoms with E-state index in [-0.39, 0.29) is 0 Å². The number of anilines is 1. The average molecular weight is 305 g/mol. The van der Waals surface area contributed by atoms with Gasteiger partial charge in [0.25, 0.3) is 0 Å². The van der Waals surface area contributed by atoms with E-state index in [9.17, 15) is 0 Å². The van der Waals surface area contributed by atoms with Crippen LogP contribution in [0.4, 0.5) is 5.82 Å². The molecular formula is C11H15BrClN3. The number of aromatic nitrogens is 2. The maximum Gasteiger partial charge on any atom is 0.148 e. The summed E-state index contributed by atoms with van der Waals surface area (Å²) in [6.45, 7) is 3.21. The predicted molar refractivity (Wildman–Crippen MR) is 69.8 cm³/mol. The van der Waals surface area contributed by atoms with Crippen LogP contribution in [0, 0.1) is 5.41 Å². The highest BCUT2D eigenvalue weighted by atomic mass is 79.9. The zero-order valence-corrected chi connectivity index (χ0v) is 11.6. The van der Waals surface area contributed by atoms with Gasteiger partial charge in [0, 0.05) is 6.54 Å². The molecule has 0 aliphatic heterocycles. The van der Waals surface area contributed by atoms with Crippen LogP contribution >= 0.6 is 27.5 Å². The van der Waals surface area contributed by atoms with Crippen molar-refractivity contribution in [3.63, 3.8) is 0 Å². The molecule has 0 bridgehead atoms. The molecule has 88 valence electrons. The van der Waals surface area contributed by atoms with Gasteiger partial charge in [0.05, 0.1) is 4.47 Å². The van der Waals surface area contributed by atoms with Crippen LogP contribution < -0.4 is 5.32 Å². The van der Waals surface area contributed by atoms with E-state index >= 15 is 0 Å². The Hall–Kier alpha value is -0.350. The van der Waals surface area contributed by atoms with Gasteiger partial charge in [-0.15, -0.1) is 0 Å². The van der Waals surface area contributed by atoms with Crippen molar-refractivity contribution in [1.29, 1.82) is 0 Å². The first-order valence-electron chi connectivity index (χ1n) is 5.57. The molecule has 0 spiro atoms. The van der Waals surface area contributed by atoms with E-state index in [1.807, 2.05) is 0 Å². The Kier molecular flexibility index (Phi) is 3.70. The van der Waals surface area contributed by atoms with E-state index in [0.717, 1.165) is 16.8 Å². The molecule has 1 aliphatic carbocycles. The minimum absolute atomic E-state index is 0.456. The molecule has 2 rings (SSSR count). The third kappa shape index (κ3) is 2.66. The smallest absolute Gasteiger partial charge is 0.148 e. The molecule has 0 unspecified atom stereocenters. The molecule has 1 saturated carbocycles.